The van der Waals surface area contributed by atoms with Gasteiger partial charge in [0.1, 0.15) is 0 Å². The Morgan fingerprint density at radius 3 is 2.61 bits per heavy atom. The Bertz CT molecular complexity index is 401. The van der Waals surface area contributed by atoms with E-state index in [1.165, 1.54) is 6.26 Å². The van der Waals surface area contributed by atoms with Gasteiger partial charge < -0.3 is 15.1 Å². The number of carbonyl (C=O) groups excluding carboxylic acids is 1. The molecule has 0 aliphatic carbocycles. The van der Waals surface area contributed by atoms with Gasteiger partial charge in [0.2, 0.25) is 5.76 Å². The van der Waals surface area contributed by atoms with Gasteiger partial charge in [-0.05, 0) is 47.7 Å². The summed E-state index contributed by atoms with van der Waals surface area (Å²) in [4.78, 5) is 14.0. The van der Waals surface area contributed by atoms with Crippen molar-refractivity contribution in [3.63, 3.8) is 0 Å². The standard InChI is InChI=1S/C12H17BrN2O2.ClH/c1-8(14)9-2-5-15(6-3-9)12(16)11-10(13)4-7-17-11;/h4,7-9H,2-3,5-6,14H2,1H3;1H. The average Bonchev–Trinajstić information content (AvgIpc) is 2.74. The molecule has 2 heterocycles. The molecule has 1 aliphatic heterocycles. The monoisotopic (exact) mass is 336 g/mol. The van der Waals surface area contributed by atoms with E-state index in [0.29, 0.717) is 11.7 Å². The number of amides is 1. The summed E-state index contributed by atoms with van der Waals surface area (Å²) in [5.41, 5.74) is 5.88. The summed E-state index contributed by atoms with van der Waals surface area (Å²) in [5, 5.41) is 0. The lowest BCUT2D eigenvalue weighted by Gasteiger charge is -2.33. The van der Waals surface area contributed by atoms with E-state index < -0.39 is 0 Å². The lowest BCUT2D eigenvalue weighted by atomic mass is 9.91. The smallest absolute Gasteiger partial charge is 0.290 e. The molecule has 2 N–H and O–H groups in total. The molecule has 0 radical (unpaired) electrons. The summed E-state index contributed by atoms with van der Waals surface area (Å²) < 4.78 is 5.91. The SMILES string of the molecule is CC(N)C1CCN(C(=O)c2occc2Br)CC1.Cl. The molecular formula is C12H18BrClN2O2. The van der Waals surface area contributed by atoms with E-state index in [1.54, 1.807) is 6.07 Å². The summed E-state index contributed by atoms with van der Waals surface area (Å²) >= 11 is 3.31. The van der Waals surface area contributed by atoms with Gasteiger partial charge in [0.15, 0.2) is 0 Å². The van der Waals surface area contributed by atoms with Crippen LogP contribution in [0.2, 0.25) is 0 Å². The van der Waals surface area contributed by atoms with E-state index in [-0.39, 0.29) is 24.4 Å². The Morgan fingerprint density at radius 1 is 1.56 bits per heavy atom. The third-order valence-electron chi connectivity index (χ3n) is 3.38. The zero-order valence-electron chi connectivity index (χ0n) is 10.3. The van der Waals surface area contributed by atoms with Crippen LogP contribution < -0.4 is 5.73 Å². The number of rotatable bonds is 2. The van der Waals surface area contributed by atoms with Crippen LogP contribution in [0.3, 0.4) is 0 Å². The molecule has 1 amide bonds. The summed E-state index contributed by atoms with van der Waals surface area (Å²) in [5.74, 6) is 0.883. The fraction of sp³-hybridized carbons (Fsp3) is 0.583. The van der Waals surface area contributed by atoms with Crippen molar-refractivity contribution in [2.24, 2.45) is 11.7 Å². The number of carbonyl (C=O) groups is 1. The number of hydrogen-bond acceptors (Lipinski definition) is 3. The number of nitrogens with zero attached hydrogens (tertiary/aromatic N) is 1. The largest absolute Gasteiger partial charge is 0.458 e. The molecule has 102 valence electrons. The van der Waals surface area contributed by atoms with Gasteiger partial charge in [-0.3, -0.25) is 4.79 Å². The number of piperidine rings is 1. The minimum Gasteiger partial charge on any atom is -0.458 e. The molecule has 4 nitrogen and oxygen atoms in total. The van der Waals surface area contributed by atoms with Gasteiger partial charge in [-0.2, -0.15) is 0 Å². The van der Waals surface area contributed by atoms with E-state index in [2.05, 4.69) is 15.9 Å². The lowest BCUT2D eigenvalue weighted by Crippen LogP contribution is -2.42. The van der Waals surface area contributed by atoms with Crippen molar-refractivity contribution < 1.29 is 9.21 Å². The van der Waals surface area contributed by atoms with Gasteiger partial charge >= 0.3 is 0 Å². The Kier molecular flexibility index (Phi) is 5.69. The van der Waals surface area contributed by atoms with Crippen molar-refractivity contribution in [1.82, 2.24) is 4.90 Å². The van der Waals surface area contributed by atoms with Gasteiger partial charge in [-0.15, -0.1) is 12.4 Å². The van der Waals surface area contributed by atoms with E-state index in [9.17, 15) is 4.79 Å². The first-order valence-corrected chi connectivity index (χ1v) is 6.66. The quantitative estimate of drug-likeness (QED) is 0.902. The van der Waals surface area contributed by atoms with Crippen LogP contribution in [-0.2, 0) is 0 Å². The Labute approximate surface area is 121 Å². The average molecular weight is 338 g/mol. The lowest BCUT2D eigenvalue weighted by molar-refractivity contribution is 0.0648. The van der Waals surface area contributed by atoms with E-state index in [0.717, 1.165) is 30.4 Å². The van der Waals surface area contributed by atoms with Crippen LogP contribution >= 0.6 is 28.3 Å². The van der Waals surface area contributed by atoms with Crippen LogP contribution in [0, 0.1) is 5.92 Å². The zero-order chi connectivity index (χ0) is 12.4. The van der Waals surface area contributed by atoms with Gasteiger partial charge in [0, 0.05) is 19.1 Å². The van der Waals surface area contributed by atoms with Crippen molar-refractivity contribution >= 4 is 34.2 Å². The molecule has 1 aliphatic rings. The predicted molar refractivity (Wildman–Crippen MR) is 75.9 cm³/mol. The third kappa shape index (κ3) is 3.28. The summed E-state index contributed by atoms with van der Waals surface area (Å²) in [6.45, 7) is 3.56. The number of halogens is 2. The van der Waals surface area contributed by atoms with E-state index >= 15 is 0 Å². The highest BCUT2D eigenvalue weighted by atomic mass is 79.9. The fourth-order valence-corrected chi connectivity index (χ4v) is 2.59. The molecule has 1 atom stereocenters. The first-order chi connectivity index (χ1) is 8.09. The molecular weight excluding hydrogens is 320 g/mol. The summed E-state index contributed by atoms with van der Waals surface area (Å²) in [7, 11) is 0. The van der Waals surface area contributed by atoms with Gasteiger partial charge in [0.05, 0.1) is 10.7 Å². The highest BCUT2D eigenvalue weighted by Crippen LogP contribution is 2.24. The predicted octanol–water partition coefficient (Wildman–Crippen LogP) is 2.66. The fourth-order valence-electron chi connectivity index (χ4n) is 2.22. The van der Waals surface area contributed by atoms with Crippen LogP contribution in [0.1, 0.15) is 30.3 Å². The second-order valence-electron chi connectivity index (χ2n) is 4.59. The third-order valence-corrected chi connectivity index (χ3v) is 4.01. The maximum atomic E-state index is 12.1. The first-order valence-electron chi connectivity index (χ1n) is 5.87. The molecule has 1 unspecified atom stereocenters. The molecule has 1 saturated heterocycles. The van der Waals surface area contributed by atoms with Crippen molar-refractivity contribution in [2.45, 2.75) is 25.8 Å². The van der Waals surface area contributed by atoms with Crippen LogP contribution in [0.4, 0.5) is 0 Å². The number of nitrogens with two attached hydrogens (primary N) is 1. The molecule has 1 aromatic rings. The second kappa shape index (κ2) is 6.59. The summed E-state index contributed by atoms with van der Waals surface area (Å²) in [6, 6.07) is 1.95. The second-order valence-corrected chi connectivity index (χ2v) is 5.44. The molecule has 2 rings (SSSR count). The Morgan fingerprint density at radius 2 is 2.17 bits per heavy atom. The number of furan rings is 1. The molecule has 0 bridgehead atoms. The Balaban J connectivity index is 0.00000162. The van der Waals surface area contributed by atoms with Gasteiger partial charge in [0.25, 0.3) is 5.91 Å². The van der Waals surface area contributed by atoms with Crippen molar-refractivity contribution in [3.8, 4) is 0 Å². The highest BCUT2D eigenvalue weighted by molar-refractivity contribution is 9.10. The molecule has 0 aromatic carbocycles. The molecule has 18 heavy (non-hydrogen) atoms. The minimum atomic E-state index is -0.0370. The normalized spacial score (nSPS) is 18.3. The number of likely N-dealkylation sites (tertiary alicyclic amines) is 1. The number of hydrogen-bond donors (Lipinski definition) is 1. The van der Waals surface area contributed by atoms with Crippen molar-refractivity contribution in [1.29, 1.82) is 0 Å². The molecule has 0 saturated carbocycles. The Hall–Kier alpha value is -0.520. The molecule has 1 aromatic heterocycles. The van der Waals surface area contributed by atoms with Crippen LogP contribution in [-0.4, -0.2) is 29.9 Å². The molecule has 0 spiro atoms. The van der Waals surface area contributed by atoms with Gasteiger partial charge in [-0.1, -0.05) is 0 Å². The van der Waals surface area contributed by atoms with Crippen molar-refractivity contribution in [2.75, 3.05) is 13.1 Å². The molecule has 6 heteroatoms. The van der Waals surface area contributed by atoms with E-state index in [1.807, 2.05) is 11.8 Å². The summed E-state index contributed by atoms with van der Waals surface area (Å²) in [6.07, 6.45) is 3.47. The molecule has 1 fully saturated rings. The van der Waals surface area contributed by atoms with Crippen LogP contribution in [0.5, 0.6) is 0 Å². The highest BCUT2D eigenvalue weighted by Gasteiger charge is 2.27. The topological polar surface area (TPSA) is 59.5 Å². The maximum Gasteiger partial charge on any atom is 0.290 e. The zero-order valence-corrected chi connectivity index (χ0v) is 12.7. The van der Waals surface area contributed by atoms with Gasteiger partial charge in [-0.25, -0.2) is 0 Å². The van der Waals surface area contributed by atoms with Crippen LogP contribution in [0.25, 0.3) is 0 Å². The first kappa shape index (κ1) is 15.5. The van der Waals surface area contributed by atoms with Crippen LogP contribution in [0.15, 0.2) is 21.2 Å². The maximum absolute atomic E-state index is 12.1. The minimum absolute atomic E-state index is 0. The van der Waals surface area contributed by atoms with Crippen molar-refractivity contribution in [3.05, 3.63) is 22.6 Å². The van der Waals surface area contributed by atoms with E-state index in [4.69, 9.17) is 10.2 Å².